The van der Waals surface area contributed by atoms with Crippen molar-refractivity contribution in [1.82, 2.24) is 0 Å². The van der Waals surface area contributed by atoms with Crippen LogP contribution >= 0.6 is 0 Å². The summed E-state index contributed by atoms with van der Waals surface area (Å²) in [5.74, 6) is -2.42. The number of alkyl halides is 1. The summed E-state index contributed by atoms with van der Waals surface area (Å²) in [5.41, 5.74) is -3.39. The molecule has 2 N–H and O–H groups in total. The Bertz CT molecular complexity index is 872. The molecule has 28 heavy (non-hydrogen) atoms. The minimum atomic E-state index is -1.99. The second-order valence-corrected chi connectivity index (χ2v) is 9.23. The summed E-state index contributed by atoms with van der Waals surface area (Å²) >= 11 is 0. The van der Waals surface area contributed by atoms with Gasteiger partial charge >= 0.3 is 0 Å². The molecule has 150 valence electrons. The van der Waals surface area contributed by atoms with Crippen molar-refractivity contribution >= 4 is 17.3 Å². The van der Waals surface area contributed by atoms with Crippen LogP contribution in [0.3, 0.4) is 0 Å². The van der Waals surface area contributed by atoms with E-state index in [9.17, 15) is 24.6 Å². The maximum Gasteiger partial charge on any atom is 0.194 e. The molecule has 3 saturated carbocycles. The smallest absolute Gasteiger partial charge is 0.194 e. The van der Waals surface area contributed by atoms with Crippen molar-refractivity contribution in [2.45, 2.75) is 44.9 Å². The van der Waals surface area contributed by atoms with E-state index in [-0.39, 0.29) is 35.9 Å². The number of carbonyl (C=O) groups excluding carboxylic acids is 3. The van der Waals surface area contributed by atoms with E-state index >= 15 is 4.39 Å². The molecule has 0 heterocycles. The van der Waals surface area contributed by atoms with Gasteiger partial charge in [-0.3, -0.25) is 14.4 Å². The highest BCUT2D eigenvalue weighted by molar-refractivity contribution is 6.02. The van der Waals surface area contributed by atoms with Crippen LogP contribution in [0.25, 0.3) is 0 Å². The third-order valence-electron chi connectivity index (χ3n) is 7.98. The summed E-state index contributed by atoms with van der Waals surface area (Å²) in [4.78, 5) is 37.6. The van der Waals surface area contributed by atoms with Gasteiger partial charge in [0.15, 0.2) is 17.2 Å². The second-order valence-electron chi connectivity index (χ2n) is 9.23. The summed E-state index contributed by atoms with van der Waals surface area (Å²) in [5, 5.41) is 20.7. The zero-order chi connectivity index (χ0) is 20.6. The number of hydrogen-bond donors (Lipinski definition) is 2. The van der Waals surface area contributed by atoms with Gasteiger partial charge in [0, 0.05) is 23.2 Å². The van der Waals surface area contributed by atoms with E-state index in [0.717, 1.165) is 0 Å². The lowest BCUT2D eigenvalue weighted by Gasteiger charge is -2.57. The molecule has 4 rings (SSSR count). The van der Waals surface area contributed by atoms with Crippen molar-refractivity contribution in [3.05, 3.63) is 36.0 Å². The fourth-order valence-electron chi connectivity index (χ4n) is 6.63. The van der Waals surface area contributed by atoms with Crippen molar-refractivity contribution in [2.75, 3.05) is 6.61 Å². The molecule has 1 unspecified atom stereocenters. The highest BCUT2D eigenvalue weighted by Crippen LogP contribution is 2.67. The molecule has 3 fully saturated rings. The first-order valence-electron chi connectivity index (χ1n) is 9.67. The molecule has 6 heteroatoms. The van der Waals surface area contributed by atoms with Crippen LogP contribution in [-0.4, -0.2) is 45.9 Å². The summed E-state index contributed by atoms with van der Waals surface area (Å²) in [6.45, 7) is 6.50. The molecule has 0 spiro atoms. The Morgan fingerprint density at radius 1 is 1.36 bits per heavy atom. The monoisotopic (exact) mass is 388 g/mol. The third-order valence-corrected chi connectivity index (χ3v) is 7.98. The first kappa shape index (κ1) is 19.4. The molecular weight excluding hydrogens is 363 g/mol. The van der Waals surface area contributed by atoms with Crippen molar-refractivity contribution in [1.29, 1.82) is 0 Å². The molecule has 5 nitrogen and oxygen atoms in total. The van der Waals surface area contributed by atoms with Gasteiger partial charge in [0.05, 0.1) is 0 Å². The van der Waals surface area contributed by atoms with Crippen LogP contribution in [0, 0.1) is 28.6 Å². The third kappa shape index (κ3) is 2.10. The predicted octanol–water partition coefficient (Wildman–Crippen LogP) is 1.88. The lowest BCUT2D eigenvalue weighted by molar-refractivity contribution is -0.166. The zero-order valence-electron chi connectivity index (χ0n) is 16.1. The van der Waals surface area contributed by atoms with Crippen molar-refractivity contribution in [3.63, 3.8) is 0 Å². The van der Waals surface area contributed by atoms with Gasteiger partial charge in [-0.15, -0.1) is 0 Å². The minimum Gasteiger partial charge on any atom is -0.388 e. The Morgan fingerprint density at radius 2 is 2.04 bits per heavy atom. The van der Waals surface area contributed by atoms with E-state index < -0.39 is 46.8 Å². The standard InChI is InChI=1S/C22H25FO5/c1-11-6-14-13-8-16(23)15-7-12(25)4-5-20(15,2)19(13)17(26)9-21(14,3)22(11,28)18(27)10-24/h4-5,7,13-14,16,19,24,28H,1,6,8-10H2,2-3H3/t13-,14-,16?,19+,20-,21-,22-/m0/s1. The number of aliphatic hydroxyl groups is 2. The average molecular weight is 388 g/mol. The molecule has 0 aliphatic heterocycles. The van der Waals surface area contributed by atoms with Crippen molar-refractivity contribution in [2.24, 2.45) is 28.6 Å². The summed E-state index contributed by atoms with van der Waals surface area (Å²) in [6, 6.07) is 0. The molecule has 0 amide bonds. The van der Waals surface area contributed by atoms with Crippen LogP contribution in [0.1, 0.15) is 33.1 Å². The maximum atomic E-state index is 15.2. The van der Waals surface area contributed by atoms with Gasteiger partial charge in [0.1, 0.15) is 18.6 Å². The highest BCUT2D eigenvalue weighted by atomic mass is 19.1. The molecule has 0 aromatic carbocycles. The number of Topliss-reactive ketones (excluding diaryl/α,β-unsaturated/α-hetero) is 2. The second kappa shape index (κ2) is 5.80. The molecule has 0 aromatic rings. The van der Waals surface area contributed by atoms with Crippen molar-refractivity contribution in [3.8, 4) is 0 Å². The SMILES string of the molecule is C=C1C[C@H]2[C@@H]3CC(F)C4=CC(=O)C=C[C@]4(C)[C@H]3C(=O)C[C@]2(C)[C@@]1(O)C(=O)CO. The van der Waals surface area contributed by atoms with E-state index in [1.165, 1.54) is 12.2 Å². The van der Waals surface area contributed by atoms with E-state index in [1.54, 1.807) is 19.9 Å². The van der Waals surface area contributed by atoms with Crippen LogP contribution < -0.4 is 0 Å². The van der Waals surface area contributed by atoms with Crippen LogP contribution in [0.4, 0.5) is 4.39 Å². The molecule has 0 radical (unpaired) electrons. The molecule has 4 aliphatic rings. The fraction of sp³-hybridized carbons (Fsp3) is 0.591. The normalized spacial score (nSPS) is 47.3. The Hall–Kier alpha value is -1.92. The lowest BCUT2D eigenvalue weighted by Crippen LogP contribution is -2.61. The fourth-order valence-corrected chi connectivity index (χ4v) is 6.63. The Morgan fingerprint density at radius 3 is 2.68 bits per heavy atom. The number of hydrogen-bond acceptors (Lipinski definition) is 5. The number of halogens is 1. The first-order valence-corrected chi connectivity index (χ1v) is 9.67. The average Bonchev–Trinajstić information content (AvgIpc) is 2.83. The van der Waals surface area contributed by atoms with Gasteiger partial charge in [-0.25, -0.2) is 4.39 Å². The number of rotatable bonds is 2. The van der Waals surface area contributed by atoms with Gasteiger partial charge < -0.3 is 10.2 Å². The Kier molecular flexibility index (Phi) is 4.02. The van der Waals surface area contributed by atoms with E-state index in [2.05, 4.69) is 6.58 Å². The molecule has 0 bridgehead atoms. The largest absolute Gasteiger partial charge is 0.388 e. The van der Waals surface area contributed by atoms with Gasteiger partial charge in [-0.1, -0.05) is 26.5 Å². The van der Waals surface area contributed by atoms with E-state index in [4.69, 9.17) is 0 Å². The molecule has 4 aliphatic carbocycles. The molecule has 0 saturated heterocycles. The number of carbonyl (C=O) groups is 3. The Labute approximate surface area is 163 Å². The molecule has 7 atom stereocenters. The summed E-state index contributed by atoms with van der Waals surface area (Å²) < 4.78 is 15.2. The topological polar surface area (TPSA) is 91.7 Å². The number of fused-ring (bicyclic) bond motifs is 5. The number of aliphatic hydroxyl groups excluding tert-OH is 1. The quantitative estimate of drug-likeness (QED) is 0.705. The predicted molar refractivity (Wildman–Crippen MR) is 98.9 cm³/mol. The van der Waals surface area contributed by atoms with Crippen LogP contribution in [0.15, 0.2) is 36.0 Å². The summed E-state index contributed by atoms with van der Waals surface area (Å²) in [7, 11) is 0. The zero-order valence-corrected chi connectivity index (χ0v) is 16.1. The van der Waals surface area contributed by atoms with E-state index in [1.807, 2.05) is 0 Å². The number of ketones is 3. The van der Waals surface area contributed by atoms with Crippen LogP contribution in [0.2, 0.25) is 0 Å². The molecular formula is C22H25FO5. The van der Waals surface area contributed by atoms with Crippen LogP contribution in [-0.2, 0) is 14.4 Å². The number of allylic oxidation sites excluding steroid dienone is 4. The summed E-state index contributed by atoms with van der Waals surface area (Å²) in [6.07, 6.45) is 3.28. The van der Waals surface area contributed by atoms with Gasteiger partial charge in [0.2, 0.25) is 0 Å². The minimum absolute atomic E-state index is 0.0539. The highest BCUT2D eigenvalue weighted by Gasteiger charge is 2.70. The van der Waals surface area contributed by atoms with E-state index in [0.29, 0.717) is 12.0 Å². The van der Waals surface area contributed by atoms with Gasteiger partial charge in [-0.05, 0) is 48.0 Å². The first-order chi connectivity index (χ1) is 13.0. The maximum absolute atomic E-state index is 15.2. The molecule has 0 aromatic heterocycles. The van der Waals surface area contributed by atoms with Gasteiger partial charge in [-0.2, -0.15) is 0 Å². The van der Waals surface area contributed by atoms with Crippen molar-refractivity contribution < 1.29 is 29.0 Å². The Balaban J connectivity index is 1.83. The lowest BCUT2D eigenvalue weighted by atomic mass is 9.46. The van der Waals surface area contributed by atoms with Gasteiger partial charge in [0.25, 0.3) is 0 Å². The van der Waals surface area contributed by atoms with Crippen LogP contribution in [0.5, 0.6) is 0 Å².